The molecule has 2 heterocycles. The SMILES string of the molecule is CC(C)CN1C(=O)N(c2cccc3ccccc23)C(n2oc(=O)n(-c3cccc4ccccc34)c2=O)C1(C)C. The highest BCUT2D eigenvalue weighted by Crippen LogP contribution is 2.44. The molecular weight excluding hydrogens is 492 g/mol. The van der Waals surface area contributed by atoms with Crippen molar-refractivity contribution in [3.63, 3.8) is 0 Å². The summed E-state index contributed by atoms with van der Waals surface area (Å²) in [4.78, 5) is 44.9. The summed E-state index contributed by atoms with van der Waals surface area (Å²) < 4.78 is 7.85. The predicted molar refractivity (Wildman–Crippen MR) is 153 cm³/mol. The molecule has 8 heteroatoms. The number of rotatable bonds is 5. The Morgan fingerprint density at radius 1 is 0.769 bits per heavy atom. The molecule has 2 amide bonds. The normalized spacial score (nSPS) is 17.2. The molecule has 1 aliphatic rings. The Balaban J connectivity index is 1.60. The minimum absolute atomic E-state index is 0.186. The zero-order chi connectivity index (χ0) is 27.5. The van der Waals surface area contributed by atoms with E-state index in [2.05, 4.69) is 0 Å². The second kappa shape index (κ2) is 9.01. The highest BCUT2D eigenvalue weighted by Gasteiger charge is 2.55. The molecular formula is C31H30N4O4. The molecule has 6 rings (SSSR count). The van der Waals surface area contributed by atoms with Crippen molar-refractivity contribution >= 4 is 33.3 Å². The Hall–Kier alpha value is -4.59. The molecule has 1 atom stereocenters. The quantitative estimate of drug-likeness (QED) is 0.293. The third-order valence-electron chi connectivity index (χ3n) is 7.55. The molecule has 5 aromatic rings. The molecule has 1 aromatic heterocycles. The van der Waals surface area contributed by atoms with Gasteiger partial charge in [0.15, 0.2) is 6.17 Å². The first kappa shape index (κ1) is 24.7. The molecule has 1 aliphatic heterocycles. The van der Waals surface area contributed by atoms with E-state index in [-0.39, 0.29) is 11.9 Å². The minimum atomic E-state index is -0.911. The number of hydrogen-bond acceptors (Lipinski definition) is 4. The van der Waals surface area contributed by atoms with Crippen LogP contribution >= 0.6 is 0 Å². The number of amides is 2. The Morgan fingerprint density at radius 2 is 1.31 bits per heavy atom. The first-order valence-electron chi connectivity index (χ1n) is 13.1. The molecule has 1 fully saturated rings. The van der Waals surface area contributed by atoms with Crippen molar-refractivity contribution in [1.82, 2.24) is 14.2 Å². The maximum absolute atomic E-state index is 14.1. The molecule has 1 saturated heterocycles. The van der Waals surface area contributed by atoms with E-state index >= 15 is 0 Å². The van der Waals surface area contributed by atoms with Gasteiger partial charge in [-0.2, -0.15) is 4.57 Å². The van der Waals surface area contributed by atoms with E-state index in [0.717, 1.165) is 30.9 Å². The topological polar surface area (TPSA) is 80.7 Å². The van der Waals surface area contributed by atoms with Crippen LogP contribution in [0.4, 0.5) is 10.5 Å². The van der Waals surface area contributed by atoms with Crippen LogP contribution in [0.3, 0.4) is 0 Å². The Kier molecular flexibility index (Phi) is 5.71. The molecule has 0 spiro atoms. The van der Waals surface area contributed by atoms with Gasteiger partial charge in [-0.15, -0.1) is 4.74 Å². The van der Waals surface area contributed by atoms with Gasteiger partial charge in [0, 0.05) is 17.3 Å². The molecule has 0 aliphatic carbocycles. The van der Waals surface area contributed by atoms with Crippen molar-refractivity contribution in [1.29, 1.82) is 0 Å². The van der Waals surface area contributed by atoms with Crippen molar-refractivity contribution in [3.05, 3.63) is 106 Å². The van der Waals surface area contributed by atoms with E-state index in [9.17, 15) is 14.4 Å². The van der Waals surface area contributed by atoms with Crippen molar-refractivity contribution in [2.45, 2.75) is 39.4 Å². The maximum Gasteiger partial charge on any atom is 0.447 e. The fourth-order valence-corrected chi connectivity index (χ4v) is 5.76. The fraction of sp³-hybridized carbons (Fsp3) is 0.258. The first-order chi connectivity index (χ1) is 18.7. The van der Waals surface area contributed by atoms with Crippen LogP contribution in [0.2, 0.25) is 0 Å². The highest BCUT2D eigenvalue weighted by molar-refractivity contribution is 6.05. The number of carbonyl (C=O) groups excluding carboxylic acids is 1. The second-order valence-corrected chi connectivity index (χ2v) is 11.0. The van der Waals surface area contributed by atoms with E-state index in [1.54, 1.807) is 21.9 Å². The monoisotopic (exact) mass is 522 g/mol. The Labute approximate surface area is 225 Å². The summed E-state index contributed by atoms with van der Waals surface area (Å²) in [6.07, 6.45) is -0.911. The maximum atomic E-state index is 14.1. The average Bonchev–Trinajstić information content (AvgIpc) is 3.31. The molecule has 1 unspecified atom stereocenters. The zero-order valence-corrected chi connectivity index (χ0v) is 22.4. The lowest BCUT2D eigenvalue weighted by molar-refractivity contribution is 0.0906. The molecule has 0 bridgehead atoms. The van der Waals surface area contributed by atoms with E-state index < -0.39 is 23.2 Å². The second-order valence-electron chi connectivity index (χ2n) is 11.0. The molecule has 0 saturated carbocycles. The lowest BCUT2D eigenvalue weighted by Gasteiger charge is -2.34. The van der Waals surface area contributed by atoms with E-state index in [0.29, 0.717) is 17.9 Å². The van der Waals surface area contributed by atoms with Crippen LogP contribution in [0.1, 0.15) is 33.9 Å². The first-order valence-corrected chi connectivity index (χ1v) is 13.1. The van der Waals surface area contributed by atoms with Gasteiger partial charge in [0.25, 0.3) is 0 Å². The van der Waals surface area contributed by atoms with Gasteiger partial charge in [-0.1, -0.05) is 86.6 Å². The fourth-order valence-electron chi connectivity index (χ4n) is 5.76. The van der Waals surface area contributed by atoms with Crippen LogP contribution < -0.4 is 16.3 Å². The average molecular weight is 523 g/mol. The summed E-state index contributed by atoms with van der Waals surface area (Å²) in [6.45, 7) is 8.38. The number of hydrogen-bond donors (Lipinski definition) is 0. The van der Waals surface area contributed by atoms with Crippen LogP contribution in [0.15, 0.2) is 99.0 Å². The number of carbonyl (C=O) groups is 1. The van der Waals surface area contributed by atoms with Crippen LogP contribution in [0, 0.1) is 5.92 Å². The van der Waals surface area contributed by atoms with Crippen LogP contribution in [0.5, 0.6) is 0 Å². The standard InChI is InChI=1S/C31H30N4O4/c1-20(2)19-32-28(36)33(25-17-9-13-21-11-5-7-15-23(21)25)27(31(32,3)4)35-29(37)34(30(38)39-35)26-18-10-14-22-12-6-8-16-24(22)26/h5-18,20,27H,19H2,1-4H3. The number of aromatic nitrogens is 2. The lowest BCUT2D eigenvalue weighted by Crippen LogP contribution is -2.48. The van der Waals surface area contributed by atoms with Gasteiger partial charge in [-0.3, -0.25) is 4.90 Å². The molecule has 0 N–H and O–H groups in total. The molecule has 0 radical (unpaired) electrons. The zero-order valence-electron chi connectivity index (χ0n) is 22.4. The van der Waals surface area contributed by atoms with Crippen molar-refractivity contribution in [2.24, 2.45) is 5.92 Å². The summed E-state index contributed by atoms with van der Waals surface area (Å²) in [5.74, 6) is -0.620. The number of urea groups is 1. The van der Waals surface area contributed by atoms with Gasteiger partial charge in [0.05, 0.1) is 16.9 Å². The lowest BCUT2D eigenvalue weighted by atomic mass is 9.98. The predicted octanol–water partition coefficient (Wildman–Crippen LogP) is 5.77. The molecule has 8 nitrogen and oxygen atoms in total. The summed E-state index contributed by atoms with van der Waals surface area (Å²) in [5, 5.41) is 3.47. The summed E-state index contributed by atoms with van der Waals surface area (Å²) in [7, 11) is 0. The van der Waals surface area contributed by atoms with E-state index in [1.165, 1.54) is 0 Å². The van der Waals surface area contributed by atoms with Gasteiger partial charge in [-0.05, 0) is 42.7 Å². The summed E-state index contributed by atoms with van der Waals surface area (Å²) in [6, 6.07) is 26.3. The van der Waals surface area contributed by atoms with Gasteiger partial charge in [0.2, 0.25) is 0 Å². The summed E-state index contributed by atoms with van der Waals surface area (Å²) in [5.41, 5.74) is -0.444. The van der Waals surface area contributed by atoms with E-state index in [1.807, 2.05) is 100 Å². The van der Waals surface area contributed by atoms with Gasteiger partial charge >= 0.3 is 17.5 Å². The number of benzene rings is 4. The smallest absolute Gasteiger partial charge is 0.315 e. The Morgan fingerprint density at radius 3 is 1.92 bits per heavy atom. The van der Waals surface area contributed by atoms with Crippen LogP contribution in [-0.4, -0.2) is 32.3 Å². The van der Waals surface area contributed by atoms with Crippen LogP contribution in [0.25, 0.3) is 27.2 Å². The van der Waals surface area contributed by atoms with E-state index in [4.69, 9.17) is 4.52 Å². The third-order valence-corrected chi connectivity index (χ3v) is 7.55. The molecule has 198 valence electrons. The third kappa shape index (κ3) is 3.78. The summed E-state index contributed by atoms with van der Waals surface area (Å²) >= 11 is 0. The van der Waals surface area contributed by atoms with Crippen molar-refractivity contribution in [3.8, 4) is 5.69 Å². The minimum Gasteiger partial charge on any atom is -0.315 e. The number of nitrogens with zero attached hydrogens (tertiary/aromatic N) is 4. The van der Waals surface area contributed by atoms with Crippen molar-refractivity contribution in [2.75, 3.05) is 11.4 Å². The van der Waals surface area contributed by atoms with Crippen LogP contribution in [-0.2, 0) is 0 Å². The van der Waals surface area contributed by atoms with Crippen molar-refractivity contribution < 1.29 is 9.32 Å². The van der Waals surface area contributed by atoms with Gasteiger partial charge in [0.1, 0.15) is 0 Å². The Bertz CT molecular complexity index is 1830. The molecule has 39 heavy (non-hydrogen) atoms. The number of anilines is 1. The highest BCUT2D eigenvalue weighted by atomic mass is 16.5. The van der Waals surface area contributed by atoms with Gasteiger partial charge in [-0.25, -0.2) is 14.4 Å². The largest absolute Gasteiger partial charge is 0.447 e. The molecule has 4 aromatic carbocycles. The van der Waals surface area contributed by atoms with Gasteiger partial charge < -0.3 is 9.42 Å². The number of fused-ring (bicyclic) bond motifs is 2.